The molecule has 1 aliphatic heterocycles. The first kappa shape index (κ1) is 24.9. The summed E-state index contributed by atoms with van der Waals surface area (Å²) in [5.41, 5.74) is 10.5. The molecular formula is C28H30N4O4. The van der Waals surface area contributed by atoms with Gasteiger partial charge in [-0.25, -0.2) is 4.79 Å². The van der Waals surface area contributed by atoms with Gasteiger partial charge in [-0.15, -0.1) is 0 Å². The van der Waals surface area contributed by atoms with Crippen molar-refractivity contribution in [3.05, 3.63) is 106 Å². The summed E-state index contributed by atoms with van der Waals surface area (Å²) < 4.78 is 17.7. The van der Waals surface area contributed by atoms with Gasteiger partial charge < -0.3 is 19.1 Å². The number of azide groups is 1. The van der Waals surface area contributed by atoms with Crippen LogP contribution < -0.4 is 9.47 Å². The summed E-state index contributed by atoms with van der Waals surface area (Å²) in [7, 11) is 0. The number of ether oxygens (including phenoxy) is 3. The first-order chi connectivity index (χ1) is 17.3. The minimum absolute atomic E-state index is 0.192. The zero-order valence-electron chi connectivity index (χ0n) is 20.8. The molecule has 36 heavy (non-hydrogen) atoms. The molecule has 0 aliphatic carbocycles. The first-order valence-corrected chi connectivity index (χ1v) is 11.8. The molecule has 3 aromatic carbocycles. The highest BCUT2D eigenvalue weighted by Gasteiger charge is 2.49. The normalized spacial score (nSPS) is 14.2. The van der Waals surface area contributed by atoms with Gasteiger partial charge in [0.25, 0.3) is 0 Å². The smallest absolute Gasteiger partial charge is 0.410 e. The molecule has 1 heterocycles. The molecule has 0 atom stereocenters. The van der Waals surface area contributed by atoms with Crippen molar-refractivity contribution >= 4 is 6.09 Å². The fourth-order valence-corrected chi connectivity index (χ4v) is 3.99. The van der Waals surface area contributed by atoms with Crippen molar-refractivity contribution in [2.24, 2.45) is 5.11 Å². The van der Waals surface area contributed by atoms with Crippen molar-refractivity contribution in [2.75, 3.05) is 13.1 Å². The van der Waals surface area contributed by atoms with Crippen molar-refractivity contribution in [3.63, 3.8) is 0 Å². The second-order valence-electron chi connectivity index (χ2n) is 9.76. The average molecular weight is 487 g/mol. The Morgan fingerprint density at radius 3 is 2.08 bits per heavy atom. The number of amides is 1. The quantitative estimate of drug-likeness (QED) is 0.203. The third-order valence-electron chi connectivity index (χ3n) is 5.73. The molecule has 0 spiro atoms. The van der Waals surface area contributed by atoms with E-state index in [0.29, 0.717) is 30.3 Å². The van der Waals surface area contributed by atoms with Crippen LogP contribution in [0, 0.1) is 0 Å². The van der Waals surface area contributed by atoms with E-state index in [1.165, 1.54) is 4.90 Å². The molecule has 1 fully saturated rings. The number of carbonyl (C=O) groups is 1. The largest absolute Gasteiger partial charge is 0.489 e. The van der Waals surface area contributed by atoms with Crippen LogP contribution in [0.5, 0.6) is 11.5 Å². The molecule has 0 aromatic heterocycles. The van der Waals surface area contributed by atoms with Gasteiger partial charge in [0.05, 0.1) is 0 Å². The Bertz CT molecular complexity index is 1230. The van der Waals surface area contributed by atoms with E-state index in [-0.39, 0.29) is 13.1 Å². The molecule has 0 N–H and O–H groups in total. The molecule has 8 nitrogen and oxygen atoms in total. The SMILES string of the molecule is CC(C)(C)OC(=O)N1CC(N=[N+]=[N-])(c2ccc(OCc3ccccc3)cc2OCc2ccccc2)C1. The highest BCUT2D eigenvalue weighted by atomic mass is 16.6. The number of carbonyl (C=O) groups excluding carboxylic acids is 1. The van der Waals surface area contributed by atoms with Gasteiger partial charge >= 0.3 is 6.09 Å². The molecule has 0 unspecified atom stereocenters. The van der Waals surface area contributed by atoms with E-state index in [1.807, 2.05) is 99.6 Å². The van der Waals surface area contributed by atoms with Crippen molar-refractivity contribution in [2.45, 2.75) is 45.1 Å². The van der Waals surface area contributed by atoms with Gasteiger partial charge in [0.2, 0.25) is 0 Å². The third kappa shape index (κ3) is 6.09. The van der Waals surface area contributed by atoms with Crippen molar-refractivity contribution < 1.29 is 19.0 Å². The van der Waals surface area contributed by atoms with Gasteiger partial charge in [-0.05, 0) is 43.5 Å². The van der Waals surface area contributed by atoms with Crippen LogP contribution in [-0.2, 0) is 23.5 Å². The topological polar surface area (TPSA) is 96.8 Å². The van der Waals surface area contributed by atoms with Crippen LogP contribution in [0.25, 0.3) is 10.4 Å². The van der Waals surface area contributed by atoms with E-state index in [4.69, 9.17) is 14.2 Å². The lowest BCUT2D eigenvalue weighted by Crippen LogP contribution is -2.60. The van der Waals surface area contributed by atoms with Crippen LogP contribution in [-0.4, -0.2) is 29.7 Å². The average Bonchev–Trinajstić information content (AvgIpc) is 2.84. The van der Waals surface area contributed by atoms with Crippen LogP contribution in [0.15, 0.2) is 84.0 Å². The highest BCUT2D eigenvalue weighted by molar-refractivity contribution is 5.70. The molecule has 4 rings (SSSR count). The van der Waals surface area contributed by atoms with E-state index < -0.39 is 17.2 Å². The Labute approximate surface area is 211 Å². The van der Waals surface area contributed by atoms with E-state index in [9.17, 15) is 10.3 Å². The maximum Gasteiger partial charge on any atom is 0.410 e. The monoisotopic (exact) mass is 486 g/mol. The first-order valence-electron chi connectivity index (χ1n) is 11.8. The van der Waals surface area contributed by atoms with E-state index in [0.717, 1.165) is 11.1 Å². The van der Waals surface area contributed by atoms with E-state index in [1.54, 1.807) is 0 Å². The highest BCUT2D eigenvalue weighted by Crippen LogP contribution is 2.43. The number of rotatable bonds is 8. The molecule has 1 amide bonds. The molecule has 1 saturated heterocycles. The molecule has 0 bridgehead atoms. The molecule has 0 radical (unpaired) electrons. The summed E-state index contributed by atoms with van der Waals surface area (Å²) >= 11 is 0. The summed E-state index contributed by atoms with van der Waals surface area (Å²) in [5, 5.41) is 4.11. The van der Waals surface area contributed by atoms with Crippen LogP contribution in [0.2, 0.25) is 0 Å². The number of benzene rings is 3. The second-order valence-corrected chi connectivity index (χ2v) is 9.76. The van der Waals surface area contributed by atoms with Gasteiger partial charge in [-0.2, -0.15) is 0 Å². The Balaban J connectivity index is 1.59. The zero-order chi connectivity index (χ0) is 25.6. The van der Waals surface area contributed by atoms with Crippen molar-refractivity contribution in [1.29, 1.82) is 0 Å². The summed E-state index contributed by atoms with van der Waals surface area (Å²) in [4.78, 5) is 17.2. The molecular weight excluding hydrogens is 456 g/mol. The van der Waals surface area contributed by atoms with Gasteiger partial charge in [0, 0.05) is 29.6 Å². The number of likely N-dealkylation sites (tertiary alicyclic amines) is 1. The Kier molecular flexibility index (Phi) is 7.36. The minimum Gasteiger partial charge on any atom is -0.489 e. The summed E-state index contributed by atoms with van der Waals surface area (Å²) in [5.74, 6) is 1.17. The maximum absolute atomic E-state index is 12.6. The Morgan fingerprint density at radius 2 is 1.53 bits per heavy atom. The number of hydrogen-bond acceptors (Lipinski definition) is 5. The lowest BCUT2D eigenvalue weighted by molar-refractivity contribution is -0.00929. The molecule has 0 saturated carbocycles. The zero-order valence-corrected chi connectivity index (χ0v) is 20.8. The fourth-order valence-electron chi connectivity index (χ4n) is 3.99. The van der Waals surface area contributed by atoms with E-state index in [2.05, 4.69) is 10.0 Å². The standard InChI is InChI=1S/C28H30N4O4/c1-27(2,3)36-26(33)32-19-28(20-32,30-31-29)24-15-14-23(34-17-21-10-6-4-7-11-21)16-25(24)35-18-22-12-8-5-9-13-22/h4-16H,17-20H2,1-3H3. The van der Waals surface area contributed by atoms with Gasteiger partial charge in [-0.1, -0.05) is 71.8 Å². The molecule has 186 valence electrons. The fraction of sp³-hybridized carbons (Fsp3) is 0.321. The Morgan fingerprint density at radius 1 is 0.944 bits per heavy atom. The number of hydrogen-bond donors (Lipinski definition) is 0. The third-order valence-corrected chi connectivity index (χ3v) is 5.73. The van der Waals surface area contributed by atoms with Crippen LogP contribution in [0.3, 0.4) is 0 Å². The van der Waals surface area contributed by atoms with Crippen LogP contribution >= 0.6 is 0 Å². The Hall–Kier alpha value is -4.16. The molecule has 1 aliphatic rings. The van der Waals surface area contributed by atoms with Crippen LogP contribution in [0.1, 0.15) is 37.5 Å². The lowest BCUT2D eigenvalue weighted by Gasteiger charge is -2.47. The van der Waals surface area contributed by atoms with Crippen molar-refractivity contribution in [1.82, 2.24) is 4.90 Å². The molecule has 8 heteroatoms. The van der Waals surface area contributed by atoms with Gasteiger partial charge in [0.1, 0.15) is 35.9 Å². The molecule has 3 aromatic rings. The number of nitrogens with zero attached hydrogens (tertiary/aromatic N) is 4. The van der Waals surface area contributed by atoms with E-state index >= 15 is 0 Å². The summed E-state index contributed by atoms with van der Waals surface area (Å²) in [6.45, 7) is 6.57. The van der Waals surface area contributed by atoms with Crippen molar-refractivity contribution in [3.8, 4) is 11.5 Å². The predicted octanol–water partition coefficient (Wildman–Crippen LogP) is 6.60. The van der Waals surface area contributed by atoms with Gasteiger partial charge in [-0.3, -0.25) is 0 Å². The summed E-state index contributed by atoms with van der Waals surface area (Å²) in [6, 6.07) is 25.2. The summed E-state index contributed by atoms with van der Waals surface area (Å²) in [6.07, 6.45) is -0.444. The minimum atomic E-state index is -0.963. The predicted molar refractivity (Wildman–Crippen MR) is 137 cm³/mol. The van der Waals surface area contributed by atoms with Crippen LogP contribution in [0.4, 0.5) is 4.79 Å². The lowest BCUT2D eigenvalue weighted by atomic mass is 9.82. The second kappa shape index (κ2) is 10.6. The van der Waals surface area contributed by atoms with Gasteiger partial charge in [0.15, 0.2) is 0 Å². The maximum atomic E-state index is 12.6.